The first-order valence-corrected chi connectivity index (χ1v) is 10.4. The second-order valence-corrected chi connectivity index (χ2v) is 8.53. The van der Waals surface area contributed by atoms with Crippen LogP contribution < -0.4 is 23.7 Å². The van der Waals surface area contributed by atoms with Crippen LogP contribution in [0.25, 0.3) is 0 Å². The van der Waals surface area contributed by atoms with Gasteiger partial charge in [0.2, 0.25) is 10.0 Å². The number of hydrogen-bond acceptors (Lipinski definition) is 6. The van der Waals surface area contributed by atoms with Gasteiger partial charge in [-0.3, -0.25) is 0 Å². The van der Waals surface area contributed by atoms with Gasteiger partial charge in [0.25, 0.3) is 0 Å². The highest BCUT2D eigenvalue weighted by molar-refractivity contribution is 7.89. The highest BCUT2D eigenvalue weighted by atomic mass is 32.2. The third-order valence-electron chi connectivity index (χ3n) is 5.00. The summed E-state index contributed by atoms with van der Waals surface area (Å²) in [4.78, 5) is 0.163. The van der Waals surface area contributed by atoms with E-state index in [0.29, 0.717) is 49.4 Å². The minimum atomic E-state index is -3.72. The predicted octanol–water partition coefficient (Wildman–Crippen LogP) is 2.20. The van der Waals surface area contributed by atoms with E-state index in [9.17, 15) is 8.42 Å². The van der Waals surface area contributed by atoms with Crippen molar-refractivity contribution in [3.8, 4) is 23.0 Å². The molecule has 0 bridgehead atoms. The van der Waals surface area contributed by atoms with Crippen molar-refractivity contribution in [2.75, 3.05) is 26.4 Å². The van der Waals surface area contributed by atoms with Crippen LogP contribution in [0.3, 0.4) is 0 Å². The molecule has 0 aromatic heterocycles. The molecule has 27 heavy (non-hydrogen) atoms. The molecule has 0 unspecified atom stereocenters. The van der Waals surface area contributed by atoms with Gasteiger partial charge in [-0.15, -0.1) is 0 Å². The van der Waals surface area contributed by atoms with Gasteiger partial charge in [-0.2, -0.15) is 0 Å². The number of ether oxygens (including phenoxy) is 4. The zero-order valence-electron chi connectivity index (χ0n) is 14.6. The molecule has 1 aliphatic carbocycles. The van der Waals surface area contributed by atoms with E-state index in [1.165, 1.54) is 12.1 Å². The summed E-state index contributed by atoms with van der Waals surface area (Å²) in [5.41, 5.74) is 0.273. The molecular formula is C19H19NO6S. The van der Waals surface area contributed by atoms with Crippen molar-refractivity contribution in [2.45, 2.75) is 23.3 Å². The van der Waals surface area contributed by atoms with Gasteiger partial charge in [0.05, 0.1) is 10.4 Å². The molecule has 0 radical (unpaired) electrons. The average Bonchev–Trinajstić information content (AvgIpc) is 3.47. The lowest BCUT2D eigenvalue weighted by Crippen LogP contribution is -2.35. The lowest BCUT2D eigenvalue weighted by Gasteiger charge is -2.23. The second kappa shape index (κ2) is 6.03. The Hall–Kier alpha value is -2.45. The van der Waals surface area contributed by atoms with Gasteiger partial charge in [-0.25, -0.2) is 13.1 Å². The quantitative estimate of drug-likeness (QED) is 0.863. The van der Waals surface area contributed by atoms with E-state index < -0.39 is 15.6 Å². The molecule has 2 aromatic rings. The molecule has 142 valence electrons. The molecule has 3 aliphatic rings. The molecule has 2 heterocycles. The van der Waals surface area contributed by atoms with Crippen molar-refractivity contribution < 1.29 is 27.4 Å². The van der Waals surface area contributed by atoms with E-state index in [4.69, 9.17) is 18.9 Å². The number of hydrogen-bond donors (Lipinski definition) is 1. The molecule has 0 amide bonds. The molecule has 5 rings (SSSR count). The normalized spacial score (nSPS) is 19.4. The first kappa shape index (κ1) is 16.7. The van der Waals surface area contributed by atoms with Crippen LogP contribution in [0.2, 0.25) is 0 Å². The highest BCUT2D eigenvalue weighted by Gasteiger charge is 2.48. The van der Waals surface area contributed by atoms with Crippen LogP contribution in [-0.4, -0.2) is 34.8 Å². The van der Waals surface area contributed by atoms with Crippen LogP contribution in [0.4, 0.5) is 0 Å². The van der Waals surface area contributed by atoms with Crippen molar-refractivity contribution in [2.24, 2.45) is 0 Å². The Morgan fingerprint density at radius 1 is 0.741 bits per heavy atom. The summed E-state index contributed by atoms with van der Waals surface area (Å²) in [5, 5.41) is 0. The standard InChI is InChI=1S/C19H19NO6S/c21-27(22,14-2-4-16-18(12-14)26-10-8-24-16)20-19(5-6-19)13-1-3-15-17(11-13)25-9-7-23-15/h1-4,11-12,20H,5-10H2. The molecule has 1 N–H and O–H groups in total. The Balaban J connectivity index is 1.43. The van der Waals surface area contributed by atoms with E-state index >= 15 is 0 Å². The van der Waals surface area contributed by atoms with Crippen LogP contribution in [0.1, 0.15) is 18.4 Å². The topological polar surface area (TPSA) is 83.1 Å². The van der Waals surface area contributed by atoms with Gasteiger partial charge in [0, 0.05) is 6.07 Å². The van der Waals surface area contributed by atoms with Crippen molar-refractivity contribution in [3.05, 3.63) is 42.0 Å². The number of benzene rings is 2. The van der Waals surface area contributed by atoms with Gasteiger partial charge in [-0.1, -0.05) is 6.07 Å². The van der Waals surface area contributed by atoms with Gasteiger partial charge < -0.3 is 18.9 Å². The van der Waals surface area contributed by atoms with Gasteiger partial charge in [0.1, 0.15) is 26.4 Å². The second-order valence-electron chi connectivity index (χ2n) is 6.85. The average molecular weight is 389 g/mol. The summed E-state index contributed by atoms with van der Waals surface area (Å²) < 4.78 is 51.0. The van der Waals surface area contributed by atoms with Crippen molar-refractivity contribution in [1.82, 2.24) is 4.72 Å². The van der Waals surface area contributed by atoms with Crippen molar-refractivity contribution >= 4 is 10.0 Å². The Kier molecular flexibility index (Phi) is 3.73. The minimum absolute atomic E-state index is 0.163. The van der Waals surface area contributed by atoms with E-state index in [2.05, 4.69) is 4.72 Å². The summed E-state index contributed by atoms with van der Waals surface area (Å²) in [7, 11) is -3.72. The molecule has 0 saturated heterocycles. The highest BCUT2D eigenvalue weighted by Crippen LogP contribution is 2.49. The van der Waals surface area contributed by atoms with Crippen molar-refractivity contribution in [3.63, 3.8) is 0 Å². The summed E-state index contributed by atoms with van der Waals surface area (Å²) >= 11 is 0. The fourth-order valence-electron chi connectivity index (χ4n) is 3.42. The fourth-order valence-corrected chi connectivity index (χ4v) is 4.89. The molecule has 2 aliphatic heterocycles. The van der Waals surface area contributed by atoms with E-state index in [1.807, 2.05) is 18.2 Å². The van der Waals surface area contributed by atoms with Crippen LogP contribution >= 0.6 is 0 Å². The van der Waals surface area contributed by atoms with E-state index in [1.54, 1.807) is 6.07 Å². The van der Waals surface area contributed by atoms with Crippen LogP contribution in [0.15, 0.2) is 41.3 Å². The van der Waals surface area contributed by atoms with Gasteiger partial charge in [0.15, 0.2) is 23.0 Å². The van der Waals surface area contributed by atoms with E-state index in [0.717, 1.165) is 18.4 Å². The predicted molar refractivity (Wildman–Crippen MR) is 96.1 cm³/mol. The zero-order valence-corrected chi connectivity index (χ0v) is 15.4. The fraction of sp³-hybridized carbons (Fsp3) is 0.368. The monoisotopic (exact) mass is 389 g/mol. The number of nitrogens with one attached hydrogen (secondary N) is 1. The maximum absolute atomic E-state index is 13.0. The lowest BCUT2D eigenvalue weighted by molar-refractivity contribution is 0.171. The number of sulfonamides is 1. The lowest BCUT2D eigenvalue weighted by atomic mass is 10.1. The maximum atomic E-state index is 13.0. The Labute approximate surface area is 157 Å². The molecule has 8 heteroatoms. The Morgan fingerprint density at radius 2 is 1.30 bits per heavy atom. The van der Waals surface area contributed by atoms with Gasteiger partial charge in [-0.05, 0) is 42.7 Å². The van der Waals surface area contributed by atoms with E-state index in [-0.39, 0.29) is 4.90 Å². The molecule has 1 saturated carbocycles. The largest absolute Gasteiger partial charge is 0.486 e. The Morgan fingerprint density at radius 3 is 1.93 bits per heavy atom. The SMILES string of the molecule is O=S(=O)(NC1(c2ccc3c(c2)OCCO3)CC1)c1ccc2c(c1)OCCO2. The molecule has 0 atom stereocenters. The maximum Gasteiger partial charge on any atom is 0.241 e. The number of rotatable bonds is 4. The third kappa shape index (κ3) is 2.98. The first-order chi connectivity index (χ1) is 13.1. The summed E-state index contributed by atoms with van der Waals surface area (Å²) in [6.45, 7) is 1.89. The molecule has 2 aromatic carbocycles. The van der Waals surface area contributed by atoms with Crippen molar-refractivity contribution in [1.29, 1.82) is 0 Å². The smallest absolute Gasteiger partial charge is 0.241 e. The molecular weight excluding hydrogens is 370 g/mol. The minimum Gasteiger partial charge on any atom is -0.486 e. The van der Waals surface area contributed by atoms with Crippen LogP contribution in [0, 0.1) is 0 Å². The molecule has 0 spiro atoms. The van der Waals surface area contributed by atoms with Crippen LogP contribution in [-0.2, 0) is 15.6 Å². The molecule has 7 nitrogen and oxygen atoms in total. The van der Waals surface area contributed by atoms with Gasteiger partial charge >= 0.3 is 0 Å². The molecule has 1 fully saturated rings. The number of fused-ring (bicyclic) bond motifs is 2. The summed E-state index contributed by atoms with van der Waals surface area (Å²) in [5.74, 6) is 2.36. The summed E-state index contributed by atoms with van der Waals surface area (Å²) in [6, 6.07) is 10.3. The van der Waals surface area contributed by atoms with Crippen LogP contribution in [0.5, 0.6) is 23.0 Å². The summed E-state index contributed by atoms with van der Waals surface area (Å²) in [6.07, 6.45) is 1.47. The zero-order chi connectivity index (χ0) is 18.5. The Bertz CT molecular complexity index is 999. The first-order valence-electron chi connectivity index (χ1n) is 8.90. The third-order valence-corrected chi connectivity index (χ3v) is 6.53.